The lowest BCUT2D eigenvalue weighted by Gasteiger charge is -2.14. The van der Waals surface area contributed by atoms with Gasteiger partial charge in [0.05, 0.1) is 18.5 Å². The number of nitrogens with one attached hydrogen (secondary N) is 1. The van der Waals surface area contributed by atoms with Gasteiger partial charge < -0.3 is 15.8 Å². The zero-order valence-electron chi connectivity index (χ0n) is 12.1. The van der Waals surface area contributed by atoms with Crippen LogP contribution in [0.25, 0.3) is 0 Å². The van der Waals surface area contributed by atoms with E-state index in [2.05, 4.69) is 36.5 Å². The molecule has 0 saturated carbocycles. The van der Waals surface area contributed by atoms with Gasteiger partial charge in [-0.05, 0) is 30.0 Å². The molecule has 0 aliphatic carbocycles. The third-order valence-electron chi connectivity index (χ3n) is 3.52. The van der Waals surface area contributed by atoms with Crippen LogP contribution in [0.2, 0.25) is 0 Å². The lowest BCUT2D eigenvalue weighted by Crippen LogP contribution is -2.07. The SMILES string of the molecule is COc1ccc(NCCC(C)c2ccccc2)c(N)c1. The quantitative estimate of drug-likeness (QED) is 0.783. The number of hydrogen-bond donors (Lipinski definition) is 2. The first-order valence-corrected chi connectivity index (χ1v) is 6.93. The summed E-state index contributed by atoms with van der Waals surface area (Å²) >= 11 is 0. The maximum Gasteiger partial charge on any atom is 0.121 e. The third kappa shape index (κ3) is 3.67. The molecule has 3 N–H and O–H groups in total. The fourth-order valence-corrected chi connectivity index (χ4v) is 2.20. The number of nitrogen functional groups attached to an aromatic ring is 1. The van der Waals surface area contributed by atoms with Gasteiger partial charge in [-0.3, -0.25) is 0 Å². The number of benzene rings is 2. The summed E-state index contributed by atoms with van der Waals surface area (Å²) in [5, 5.41) is 3.38. The number of hydrogen-bond acceptors (Lipinski definition) is 3. The van der Waals surface area contributed by atoms with E-state index < -0.39 is 0 Å². The first kappa shape index (κ1) is 14.3. The Morgan fingerprint density at radius 2 is 1.90 bits per heavy atom. The second-order valence-electron chi connectivity index (χ2n) is 4.98. The molecule has 1 unspecified atom stereocenters. The topological polar surface area (TPSA) is 47.3 Å². The van der Waals surface area contributed by atoms with Crippen LogP contribution < -0.4 is 15.8 Å². The van der Waals surface area contributed by atoms with Gasteiger partial charge in [0.2, 0.25) is 0 Å². The van der Waals surface area contributed by atoms with Crippen molar-refractivity contribution in [2.45, 2.75) is 19.3 Å². The van der Waals surface area contributed by atoms with Crippen molar-refractivity contribution in [2.24, 2.45) is 0 Å². The first-order valence-electron chi connectivity index (χ1n) is 6.93. The van der Waals surface area contributed by atoms with Crippen molar-refractivity contribution < 1.29 is 4.74 Å². The highest BCUT2D eigenvalue weighted by atomic mass is 16.5. The second kappa shape index (κ2) is 6.85. The molecule has 3 nitrogen and oxygen atoms in total. The van der Waals surface area contributed by atoms with Crippen molar-refractivity contribution in [3.05, 3.63) is 54.1 Å². The third-order valence-corrected chi connectivity index (χ3v) is 3.52. The van der Waals surface area contributed by atoms with Crippen LogP contribution in [0.3, 0.4) is 0 Å². The van der Waals surface area contributed by atoms with Crippen molar-refractivity contribution in [2.75, 3.05) is 24.7 Å². The molecule has 2 aromatic carbocycles. The van der Waals surface area contributed by atoms with Crippen LogP contribution in [0.5, 0.6) is 5.75 Å². The Labute approximate surface area is 120 Å². The lowest BCUT2D eigenvalue weighted by atomic mass is 9.98. The summed E-state index contributed by atoms with van der Waals surface area (Å²) in [5.74, 6) is 1.31. The van der Waals surface area contributed by atoms with Crippen molar-refractivity contribution in [3.63, 3.8) is 0 Å². The molecule has 2 aromatic rings. The number of anilines is 2. The van der Waals surface area contributed by atoms with Gasteiger partial charge in [-0.25, -0.2) is 0 Å². The summed E-state index contributed by atoms with van der Waals surface area (Å²) in [7, 11) is 1.64. The number of methoxy groups -OCH3 is 1. The molecule has 3 heteroatoms. The van der Waals surface area contributed by atoms with Crippen LogP contribution in [0, 0.1) is 0 Å². The van der Waals surface area contributed by atoms with Crippen LogP contribution in [0.1, 0.15) is 24.8 Å². The van der Waals surface area contributed by atoms with E-state index in [0.29, 0.717) is 5.92 Å². The van der Waals surface area contributed by atoms with Gasteiger partial charge in [-0.2, -0.15) is 0 Å². The molecule has 20 heavy (non-hydrogen) atoms. The zero-order chi connectivity index (χ0) is 14.4. The summed E-state index contributed by atoms with van der Waals surface area (Å²) < 4.78 is 5.14. The normalized spacial score (nSPS) is 11.9. The van der Waals surface area contributed by atoms with Gasteiger partial charge in [-0.1, -0.05) is 37.3 Å². The maximum absolute atomic E-state index is 5.98. The summed E-state index contributed by atoms with van der Waals surface area (Å²) in [5.41, 5.74) is 9.04. The van der Waals surface area contributed by atoms with Gasteiger partial charge in [0.15, 0.2) is 0 Å². The van der Waals surface area contributed by atoms with Gasteiger partial charge in [-0.15, -0.1) is 0 Å². The largest absolute Gasteiger partial charge is 0.497 e. The molecule has 1 atom stereocenters. The van der Waals surface area contributed by atoms with Crippen molar-refractivity contribution >= 4 is 11.4 Å². The van der Waals surface area contributed by atoms with Crippen molar-refractivity contribution in [3.8, 4) is 5.75 Å². The van der Waals surface area contributed by atoms with Crippen LogP contribution in [-0.2, 0) is 0 Å². The van der Waals surface area contributed by atoms with Crippen LogP contribution in [0.4, 0.5) is 11.4 Å². The Kier molecular flexibility index (Phi) is 4.88. The Balaban J connectivity index is 1.87. The average Bonchev–Trinajstić information content (AvgIpc) is 2.49. The Morgan fingerprint density at radius 3 is 2.55 bits per heavy atom. The number of nitrogens with two attached hydrogens (primary N) is 1. The molecule has 0 aliphatic heterocycles. The fraction of sp³-hybridized carbons (Fsp3) is 0.294. The standard InChI is InChI=1S/C17H22N2O/c1-13(14-6-4-3-5-7-14)10-11-19-17-9-8-15(20-2)12-16(17)18/h3-9,12-13,19H,10-11,18H2,1-2H3. The molecular formula is C17H22N2O. The molecular weight excluding hydrogens is 248 g/mol. The van der Waals surface area contributed by atoms with E-state index in [1.807, 2.05) is 24.3 Å². The Hall–Kier alpha value is -2.16. The summed E-state index contributed by atoms with van der Waals surface area (Å²) in [4.78, 5) is 0. The molecule has 0 aromatic heterocycles. The van der Waals surface area contributed by atoms with E-state index in [-0.39, 0.29) is 0 Å². The van der Waals surface area contributed by atoms with Gasteiger partial charge in [0.1, 0.15) is 5.75 Å². The van der Waals surface area contributed by atoms with Crippen LogP contribution in [-0.4, -0.2) is 13.7 Å². The summed E-state index contributed by atoms with van der Waals surface area (Å²) in [6.45, 7) is 3.14. The minimum absolute atomic E-state index is 0.531. The predicted molar refractivity (Wildman–Crippen MR) is 85.4 cm³/mol. The molecule has 0 heterocycles. The fourth-order valence-electron chi connectivity index (χ4n) is 2.20. The lowest BCUT2D eigenvalue weighted by molar-refractivity contribution is 0.415. The summed E-state index contributed by atoms with van der Waals surface area (Å²) in [6.07, 6.45) is 1.06. The molecule has 0 amide bonds. The zero-order valence-corrected chi connectivity index (χ0v) is 12.1. The number of ether oxygens (including phenoxy) is 1. The molecule has 0 spiro atoms. The maximum atomic E-state index is 5.98. The first-order chi connectivity index (χ1) is 9.70. The molecule has 0 radical (unpaired) electrons. The van der Waals surface area contributed by atoms with Gasteiger partial charge in [0, 0.05) is 12.6 Å². The minimum Gasteiger partial charge on any atom is -0.497 e. The smallest absolute Gasteiger partial charge is 0.121 e. The monoisotopic (exact) mass is 270 g/mol. The highest BCUT2D eigenvalue weighted by Crippen LogP contribution is 2.25. The highest BCUT2D eigenvalue weighted by Gasteiger charge is 2.05. The van der Waals surface area contributed by atoms with Crippen LogP contribution >= 0.6 is 0 Å². The van der Waals surface area contributed by atoms with E-state index in [0.717, 1.165) is 30.1 Å². The molecule has 0 fully saturated rings. The number of rotatable bonds is 6. The Morgan fingerprint density at radius 1 is 1.15 bits per heavy atom. The summed E-state index contributed by atoms with van der Waals surface area (Å²) in [6, 6.07) is 16.3. The van der Waals surface area contributed by atoms with Crippen molar-refractivity contribution in [1.82, 2.24) is 0 Å². The van der Waals surface area contributed by atoms with E-state index in [1.54, 1.807) is 7.11 Å². The van der Waals surface area contributed by atoms with Crippen molar-refractivity contribution in [1.29, 1.82) is 0 Å². The molecule has 0 aliphatic rings. The average molecular weight is 270 g/mol. The van der Waals surface area contributed by atoms with E-state index in [1.165, 1.54) is 5.56 Å². The van der Waals surface area contributed by atoms with Crippen LogP contribution in [0.15, 0.2) is 48.5 Å². The molecule has 0 bridgehead atoms. The van der Waals surface area contributed by atoms with E-state index in [4.69, 9.17) is 10.5 Å². The van der Waals surface area contributed by atoms with Gasteiger partial charge in [0.25, 0.3) is 0 Å². The van der Waals surface area contributed by atoms with E-state index >= 15 is 0 Å². The molecule has 2 rings (SSSR count). The molecule has 0 saturated heterocycles. The molecule has 106 valence electrons. The second-order valence-corrected chi connectivity index (χ2v) is 4.98. The van der Waals surface area contributed by atoms with Gasteiger partial charge >= 0.3 is 0 Å². The minimum atomic E-state index is 0.531. The Bertz CT molecular complexity index is 540. The van der Waals surface area contributed by atoms with E-state index in [9.17, 15) is 0 Å². The predicted octanol–water partition coefficient (Wildman–Crippen LogP) is 3.88. The highest BCUT2D eigenvalue weighted by molar-refractivity contribution is 5.68.